The van der Waals surface area contributed by atoms with Gasteiger partial charge in [0.15, 0.2) is 5.78 Å². The zero-order chi connectivity index (χ0) is 30.0. The summed E-state index contributed by atoms with van der Waals surface area (Å²) >= 11 is 0. The van der Waals surface area contributed by atoms with Crippen molar-refractivity contribution < 1.29 is 24.2 Å². The molecule has 3 atom stereocenters. The van der Waals surface area contributed by atoms with Gasteiger partial charge in [-0.1, -0.05) is 50.8 Å². The standard InChI is InChI=1S/C34H50N2O5/c1-6-8-9-13-24-41-30-22-18-28(19-23-30)34(39)31(25-36(4)26(3)7-2)35-33(38)15-12-10-11-14-32(37)27-16-20-29(40-5)21-17-27/h7,16-23,26,31,34,39H,2,6,8-15,24-25H2,1,3-5H3,(H,35,38)/t26?,31-,34-/m1/s1. The zero-order valence-corrected chi connectivity index (χ0v) is 25.4. The van der Waals surface area contributed by atoms with Gasteiger partial charge in [0, 0.05) is 31.0 Å². The quantitative estimate of drug-likeness (QED) is 0.102. The van der Waals surface area contributed by atoms with Crippen LogP contribution in [0.4, 0.5) is 0 Å². The van der Waals surface area contributed by atoms with Gasteiger partial charge < -0.3 is 19.9 Å². The van der Waals surface area contributed by atoms with Crippen molar-refractivity contribution in [2.24, 2.45) is 0 Å². The number of ether oxygens (including phenoxy) is 2. The number of Topliss-reactive ketones (excluding diaryl/α,β-unsaturated/α-hetero) is 1. The van der Waals surface area contributed by atoms with E-state index in [2.05, 4.69) is 23.7 Å². The van der Waals surface area contributed by atoms with E-state index in [1.165, 1.54) is 12.8 Å². The highest BCUT2D eigenvalue weighted by molar-refractivity contribution is 5.96. The van der Waals surface area contributed by atoms with Crippen LogP contribution in [0.15, 0.2) is 61.2 Å². The first kappa shape index (κ1) is 34.0. The van der Waals surface area contributed by atoms with Crippen molar-refractivity contribution in [1.29, 1.82) is 0 Å². The van der Waals surface area contributed by atoms with Gasteiger partial charge in [0.2, 0.25) is 5.91 Å². The van der Waals surface area contributed by atoms with Crippen LogP contribution in [-0.2, 0) is 4.79 Å². The van der Waals surface area contributed by atoms with Crippen molar-refractivity contribution in [1.82, 2.24) is 10.2 Å². The molecule has 226 valence electrons. The summed E-state index contributed by atoms with van der Waals surface area (Å²) in [6.07, 6.45) is 8.50. The van der Waals surface area contributed by atoms with E-state index in [-0.39, 0.29) is 17.7 Å². The highest BCUT2D eigenvalue weighted by atomic mass is 16.5. The maximum absolute atomic E-state index is 12.9. The Balaban J connectivity index is 1.87. The first-order valence-corrected chi connectivity index (χ1v) is 15.0. The van der Waals surface area contributed by atoms with E-state index >= 15 is 0 Å². The first-order valence-electron chi connectivity index (χ1n) is 15.0. The van der Waals surface area contributed by atoms with Crippen LogP contribution < -0.4 is 14.8 Å². The van der Waals surface area contributed by atoms with Gasteiger partial charge in [-0.15, -0.1) is 6.58 Å². The smallest absolute Gasteiger partial charge is 0.220 e. The van der Waals surface area contributed by atoms with E-state index < -0.39 is 12.1 Å². The average Bonchev–Trinajstić information content (AvgIpc) is 2.99. The molecule has 7 heteroatoms. The minimum atomic E-state index is -0.876. The van der Waals surface area contributed by atoms with E-state index in [0.717, 1.165) is 42.7 Å². The number of ketones is 1. The Bertz CT molecular complexity index is 1040. The molecule has 0 radical (unpaired) electrons. The Kier molecular flexibility index (Phi) is 15.8. The van der Waals surface area contributed by atoms with Crippen LogP contribution in [0.2, 0.25) is 0 Å². The normalized spacial score (nSPS) is 13.3. The van der Waals surface area contributed by atoms with Crippen molar-refractivity contribution in [3.63, 3.8) is 0 Å². The second-order valence-corrected chi connectivity index (χ2v) is 10.7. The summed E-state index contributed by atoms with van der Waals surface area (Å²) in [7, 11) is 3.55. The summed E-state index contributed by atoms with van der Waals surface area (Å²) in [5.74, 6) is 1.48. The molecule has 0 saturated heterocycles. The van der Waals surface area contributed by atoms with E-state index in [4.69, 9.17) is 9.47 Å². The number of amides is 1. The minimum Gasteiger partial charge on any atom is -0.497 e. The van der Waals surface area contributed by atoms with E-state index in [9.17, 15) is 14.7 Å². The lowest BCUT2D eigenvalue weighted by Crippen LogP contribution is -2.47. The predicted molar refractivity (Wildman–Crippen MR) is 166 cm³/mol. The van der Waals surface area contributed by atoms with Crippen molar-refractivity contribution in [3.05, 3.63) is 72.3 Å². The molecule has 2 aromatic carbocycles. The second-order valence-electron chi connectivity index (χ2n) is 10.7. The number of nitrogens with zero attached hydrogens (tertiary/aromatic N) is 1. The van der Waals surface area contributed by atoms with Crippen molar-refractivity contribution >= 4 is 11.7 Å². The molecular formula is C34H50N2O5. The van der Waals surface area contributed by atoms with Crippen LogP contribution >= 0.6 is 0 Å². The number of hydrogen-bond donors (Lipinski definition) is 2. The fourth-order valence-corrected chi connectivity index (χ4v) is 4.54. The fraction of sp³-hybridized carbons (Fsp3) is 0.529. The maximum Gasteiger partial charge on any atom is 0.220 e. The number of hydrogen-bond acceptors (Lipinski definition) is 6. The van der Waals surface area contributed by atoms with Gasteiger partial charge in [0.25, 0.3) is 0 Å². The van der Waals surface area contributed by atoms with E-state index in [1.807, 2.05) is 44.3 Å². The predicted octanol–water partition coefficient (Wildman–Crippen LogP) is 6.51. The molecule has 1 unspecified atom stereocenters. The lowest BCUT2D eigenvalue weighted by Gasteiger charge is -2.31. The molecule has 2 rings (SSSR count). The summed E-state index contributed by atoms with van der Waals surface area (Å²) in [6, 6.07) is 14.2. The van der Waals surface area contributed by atoms with Crippen LogP contribution in [-0.4, -0.2) is 61.1 Å². The van der Waals surface area contributed by atoms with Crippen LogP contribution in [0.25, 0.3) is 0 Å². The molecule has 2 aromatic rings. The highest BCUT2D eigenvalue weighted by Gasteiger charge is 2.25. The van der Waals surface area contributed by atoms with Crippen molar-refractivity contribution in [2.75, 3.05) is 27.3 Å². The Hall–Kier alpha value is -3.16. The summed E-state index contributed by atoms with van der Waals surface area (Å²) < 4.78 is 11.0. The van der Waals surface area contributed by atoms with Crippen LogP contribution in [0, 0.1) is 0 Å². The summed E-state index contributed by atoms with van der Waals surface area (Å²) in [5, 5.41) is 14.3. The van der Waals surface area contributed by atoms with Crippen molar-refractivity contribution in [3.8, 4) is 11.5 Å². The number of nitrogens with one attached hydrogen (secondary N) is 1. The topological polar surface area (TPSA) is 88.1 Å². The number of methoxy groups -OCH3 is 1. The van der Waals surface area contributed by atoms with Gasteiger partial charge in [-0.2, -0.15) is 0 Å². The molecule has 0 saturated carbocycles. The first-order chi connectivity index (χ1) is 19.8. The molecule has 2 N–H and O–H groups in total. The number of carbonyl (C=O) groups excluding carboxylic acids is 2. The Morgan fingerprint density at radius 1 is 0.951 bits per heavy atom. The molecular weight excluding hydrogens is 516 g/mol. The Labute approximate surface area is 246 Å². The van der Waals surface area contributed by atoms with E-state index in [0.29, 0.717) is 38.0 Å². The summed E-state index contributed by atoms with van der Waals surface area (Å²) in [6.45, 7) is 9.22. The van der Waals surface area contributed by atoms with Crippen LogP contribution in [0.1, 0.15) is 93.7 Å². The largest absolute Gasteiger partial charge is 0.497 e. The molecule has 0 aromatic heterocycles. The number of benzene rings is 2. The Morgan fingerprint density at radius 3 is 2.22 bits per heavy atom. The molecule has 0 heterocycles. The molecule has 41 heavy (non-hydrogen) atoms. The fourth-order valence-electron chi connectivity index (χ4n) is 4.54. The maximum atomic E-state index is 12.9. The highest BCUT2D eigenvalue weighted by Crippen LogP contribution is 2.22. The monoisotopic (exact) mass is 566 g/mol. The third-order valence-corrected chi connectivity index (χ3v) is 7.46. The summed E-state index contributed by atoms with van der Waals surface area (Å²) in [5.41, 5.74) is 1.40. The minimum absolute atomic E-state index is 0.0904. The van der Waals surface area contributed by atoms with Gasteiger partial charge in [0.05, 0.1) is 19.8 Å². The Morgan fingerprint density at radius 2 is 1.59 bits per heavy atom. The van der Waals surface area contributed by atoms with Gasteiger partial charge in [-0.25, -0.2) is 0 Å². The third-order valence-electron chi connectivity index (χ3n) is 7.46. The lowest BCUT2D eigenvalue weighted by molar-refractivity contribution is -0.123. The molecule has 7 nitrogen and oxygen atoms in total. The number of carbonyl (C=O) groups is 2. The van der Waals surface area contributed by atoms with Gasteiger partial charge in [-0.3, -0.25) is 14.5 Å². The number of aliphatic hydroxyl groups is 1. The number of aliphatic hydroxyl groups excluding tert-OH is 1. The molecule has 0 aliphatic carbocycles. The number of rotatable bonds is 21. The molecule has 0 aliphatic heterocycles. The molecule has 0 bridgehead atoms. The van der Waals surface area contributed by atoms with E-state index in [1.54, 1.807) is 31.4 Å². The zero-order valence-electron chi connectivity index (χ0n) is 25.4. The SMILES string of the molecule is C=CC(C)N(C)C[C@@H](NC(=O)CCCCCC(=O)c1ccc(OC)cc1)[C@H](O)c1ccc(OCCCCCC)cc1. The van der Waals surface area contributed by atoms with Gasteiger partial charge >= 0.3 is 0 Å². The van der Waals surface area contributed by atoms with Crippen molar-refractivity contribution in [2.45, 2.75) is 89.8 Å². The second kappa shape index (κ2) is 19.1. The van der Waals surface area contributed by atoms with Crippen LogP contribution in [0.5, 0.6) is 11.5 Å². The average molecular weight is 567 g/mol. The summed E-state index contributed by atoms with van der Waals surface area (Å²) in [4.78, 5) is 27.4. The number of likely N-dealkylation sites (N-methyl/N-ethyl adjacent to an activating group) is 1. The molecule has 0 aliphatic rings. The lowest BCUT2D eigenvalue weighted by atomic mass is 10.0. The third kappa shape index (κ3) is 12.5. The molecule has 0 fully saturated rings. The molecule has 0 spiro atoms. The van der Waals surface area contributed by atoms with Gasteiger partial charge in [-0.05, 0) is 75.2 Å². The number of unbranched alkanes of at least 4 members (excludes halogenated alkanes) is 5. The van der Waals surface area contributed by atoms with Gasteiger partial charge in [0.1, 0.15) is 17.6 Å². The van der Waals surface area contributed by atoms with Crippen LogP contribution in [0.3, 0.4) is 0 Å². The molecule has 1 amide bonds.